The minimum atomic E-state index is -0.615. The van der Waals surface area contributed by atoms with Crippen molar-refractivity contribution in [3.8, 4) is 11.8 Å². The highest BCUT2D eigenvalue weighted by molar-refractivity contribution is 5.66. The maximum atomic E-state index is 10.9. The van der Waals surface area contributed by atoms with Crippen LogP contribution in [-0.2, 0) is 0 Å². The number of rotatable bonds is 1. The van der Waals surface area contributed by atoms with E-state index in [0.717, 1.165) is 27.8 Å². The molecule has 0 spiro atoms. The van der Waals surface area contributed by atoms with Crippen LogP contribution in [0.5, 0.6) is 0 Å². The Morgan fingerprint density at radius 3 is 2.35 bits per heavy atom. The zero-order valence-corrected chi connectivity index (χ0v) is 14.3. The summed E-state index contributed by atoms with van der Waals surface area (Å²) >= 11 is 0. The van der Waals surface area contributed by atoms with Gasteiger partial charge in [-0.1, -0.05) is 78.6 Å². The van der Waals surface area contributed by atoms with E-state index in [2.05, 4.69) is 17.9 Å². The second-order valence-electron chi connectivity index (χ2n) is 6.39. The van der Waals surface area contributed by atoms with Gasteiger partial charge in [0.25, 0.3) is 0 Å². The third-order valence-electron chi connectivity index (χ3n) is 4.73. The van der Waals surface area contributed by atoms with Crippen LogP contribution in [0, 0.1) is 11.8 Å². The Hall–Kier alpha value is -3.28. The third-order valence-corrected chi connectivity index (χ3v) is 4.73. The molecule has 0 saturated carbocycles. The minimum absolute atomic E-state index is 0.173. The molecule has 26 heavy (non-hydrogen) atoms. The summed E-state index contributed by atoms with van der Waals surface area (Å²) in [6, 6.07) is 23.5. The third kappa shape index (κ3) is 3.01. The summed E-state index contributed by atoms with van der Waals surface area (Å²) in [5.41, 5.74) is 11.5. The molecule has 0 aliphatic heterocycles. The Balaban J connectivity index is 1.77. The first-order chi connectivity index (χ1) is 12.7. The molecule has 126 valence electrons. The molecule has 2 atom stereocenters. The molecule has 2 nitrogen and oxygen atoms in total. The normalized spacial score (nSPS) is 17.9. The average Bonchev–Trinajstić information content (AvgIpc) is 2.68. The number of aliphatic hydroxyl groups is 1. The van der Waals surface area contributed by atoms with Crippen molar-refractivity contribution in [1.29, 1.82) is 0 Å². The average molecular weight is 337 g/mol. The van der Waals surface area contributed by atoms with E-state index in [0.29, 0.717) is 5.69 Å². The van der Waals surface area contributed by atoms with Crippen LogP contribution in [0.15, 0.2) is 78.9 Å². The van der Waals surface area contributed by atoms with Crippen LogP contribution < -0.4 is 5.73 Å². The van der Waals surface area contributed by atoms with Crippen molar-refractivity contribution >= 4 is 11.8 Å². The van der Waals surface area contributed by atoms with Crippen LogP contribution in [0.25, 0.3) is 6.08 Å². The second-order valence-corrected chi connectivity index (χ2v) is 6.39. The van der Waals surface area contributed by atoms with E-state index in [1.165, 1.54) is 0 Å². The van der Waals surface area contributed by atoms with E-state index >= 15 is 0 Å². The highest BCUT2D eigenvalue weighted by Gasteiger charge is 2.27. The van der Waals surface area contributed by atoms with Crippen molar-refractivity contribution in [2.75, 3.05) is 5.73 Å². The van der Waals surface area contributed by atoms with Gasteiger partial charge in [-0.25, -0.2) is 0 Å². The van der Waals surface area contributed by atoms with Gasteiger partial charge in [-0.2, -0.15) is 0 Å². The Kier molecular flexibility index (Phi) is 4.31. The van der Waals surface area contributed by atoms with Gasteiger partial charge >= 0.3 is 0 Å². The summed E-state index contributed by atoms with van der Waals surface area (Å²) in [5, 5.41) is 10.9. The lowest BCUT2D eigenvalue weighted by molar-refractivity contribution is 0.160. The summed E-state index contributed by atoms with van der Waals surface area (Å²) in [5.74, 6) is 6.23. The van der Waals surface area contributed by atoms with Gasteiger partial charge in [0.2, 0.25) is 0 Å². The van der Waals surface area contributed by atoms with Gasteiger partial charge in [-0.05, 0) is 34.9 Å². The standard InChI is InChI=1S/C24H19NO/c25-23-12-6-11-20(21(23)15-13-17-7-2-1-3-8-17)22-16-14-18-9-4-5-10-19(18)24(22)26/h1-12,14,16,22,24,26H,25H2. The fourth-order valence-corrected chi connectivity index (χ4v) is 3.38. The summed E-state index contributed by atoms with van der Waals surface area (Å²) in [4.78, 5) is 0. The molecule has 0 aromatic heterocycles. The van der Waals surface area contributed by atoms with Crippen LogP contribution in [0.1, 0.15) is 39.8 Å². The zero-order chi connectivity index (χ0) is 17.9. The summed E-state index contributed by atoms with van der Waals surface area (Å²) in [6.07, 6.45) is 3.48. The molecular weight excluding hydrogens is 318 g/mol. The number of nitrogens with two attached hydrogens (primary N) is 1. The number of hydrogen-bond acceptors (Lipinski definition) is 2. The molecule has 0 amide bonds. The van der Waals surface area contributed by atoms with E-state index in [-0.39, 0.29) is 5.92 Å². The second kappa shape index (κ2) is 6.92. The lowest BCUT2D eigenvalue weighted by Crippen LogP contribution is -2.15. The molecule has 0 bridgehead atoms. The van der Waals surface area contributed by atoms with E-state index in [4.69, 9.17) is 5.73 Å². The van der Waals surface area contributed by atoms with Crippen molar-refractivity contribution in [3.05, 3.63) is 107 Å². The molecule has 3 aromatic carbocycles. The lowest BCUT2D eigenvalue weighted by Gasteiger charge is -2.27. The molecule has 0 fully saturated rings. The van der Waals surface area contributed by atoms with Crippen molar-refractivity contribution in [2.45, 2.75) is 12.0 Å². The number of aliphatic hydroxyl groups excluding tert-OH is 1. The highest BCUT2D eigenvalue weighted by Crippen LogP contribution is 2.40. The fourth-order valence-electron chi connectivity index (χ4n) is 3.38. The number of hydrogen-bond donors (Lipinski definition) is 2. The van der Waals surface area contributed by atoms with Crippen molar-refractivity contribution in [1.82, 2.24) is 0 Å². The Morgan fingerprint density at radius 1 is 0.769 bits per heavy atom. The first kappa shape index (κ1) is 16.2. The van der Waals surface area contributed by atoms with Crippen LogP contribution in [0.2, 0.25) is 0 Å². The maximum Gasteiger partial charge on any atom is 0.0899 e. The molecular formula is C24H19NO. The Bertz CT molecular complexity index is 1020. The molecule has 0 heterocycles. The van der Waals surface area contributed by atoms with E-state index in [1.54, 1.807) is 0 Å². The van der Waals surface area contributed by atoms with Gasteiger partial charge in [-0.15, -0.1) is 0 Å². The van der Waals surface area contributed by atoms with E-state index in [9.17, 15) is 5.11 Å². The van der Waals surface area contributed by atoms with Gasteiger partial charge < -0.3 is 10.8 Å². The molecule has 2 heteroatoms. The summed E-state index contributed by atoms with van der Waals surface area (Å²) in [7, 11) is 0. The van der Waals surface area contributed by atoms with Gasteiger partial charge in [0.15, 0.2) is 0 Å². The van der Waals surface area contributed by atoms with Gasteiger partial charge in [0, 0.05) is 17.2 Å². The molecule has 3 N–H and O–H groups in total. The molecule has 1 aliphatic carbocycles. The van der Waals surface area contributed by atoms with Crippen LogP contribution >= 0.6 is 0 Å². The largest absolute Gasteiger partial charge is 0.398 e. The Labute approximate surface area is 153 Å². The van der Waals surface area contributed by atoms with Gasteiger partial charge in [0.05, 0.1) is 11.7 Å². The lowest BCUT2D eigenvalue weighted by atomic mass is 9.81. The number of nitrogen functional groups attached to an aromatic ring is 1. The smallest absolute Gasteiger partial charge is 0.0899 e. The predicted molar refractivity (Wildman–Crippen MR) is 106 cm³/mol. The van der Waals surface area contributed by atoms with Crippen LogP contribution in [0.3, 0.4) is 0 Å². The number of fused-ring (bicyclic) bond motifs is 1. The fraction of sp³-hybridized carbons (Fsp3) is 0.0833. The van der Waals surface area contributed by atoms with Crippen molar-refractivity contribution < 1.29 is 5.11 Å². The monoisotopic (exact) mass is 337 g/mol. The van der Waals surface area contributed by atoms with Crippen molar-refractivity contribution in [3.63, 3.8) is 0 Å². The first-order valence-corrected chi connectivity index (χ1v) is 8.64. The molecule has 4 rings (SSSR count). The first-order valence-electron chi connectivity index (χ1n) is 8.64. The quantitative estimate of drug-likeness (QED) is 0.507. The van der Waals surface area contributed by atoms with E-state index in [1.807, 2.05) is 78.9 Å². The van der Waals surface area contributed by atoms with Gasteiger partial charge in [0.1, 0.15) is 0 Å². The molecule has 0 saturated heterocycles. The molecule has 1 aliphatic rings. The predicted octanol–water partition coefficient (Wildman–Crippen LogP) is 4.51. The maximum absolute atomic E-state index is 10.9. The number of anilines is 1. The molecule has 0 radical (unpaired) electrons. The topological polar surface area (TPSA) is 46.2 Å². The summed E-state index contributed by atoms with van der Waals surface area (Å²) < 4.78 is 0. The minimum Gasteiger partial charge on any atom is -0.398 e. The van der Waals surface area contributed by atoms with Crippen molar-refractivity contribution in [2.24, 2.45) is 0 Å². The van der Waals surface area contributed by atoms with Crippen LogP contribution in [0.4, 0.5) is 5.69 Å². The van der Waals surface area contributed by atoms with E-state index < -0.39 is 6.10 Å². The molecule has 3 aromatic rings. The summed E-state index contributed by atoms with van der Waals surface area (Å²) in [6.45, 7) is 0. The van der Waals surface area contributed by atoms with Gasteiger partial charge in [-0.3, -0.25) is 0 Å². The SMILES string of the molecule is Nc1cccc(C2C=Cc3ccccc3C2O)c1C#Cc1ccccc1. The highest BCUT2D eigenvalue weighted by atomic mass is 16.3. The molecule has 2 unspecified atom stereocenters. The Morgan fingerprint density at radius 2 is 1.50 bits per heavy atom. The number of benzene rings is 3. The van der Waals surface area contributed by atoms with Crippen LogP contribution in [-0.4, -0.2) is 5.11 Å². The zero-order valence-electron chi connectivity index (χ0n) is 14.3.